The molecule has 0 amide bonds. The van der Waals surface area contributed by atoms with Crippen molar-refractivity contribution in [2.24, 2.45) is 17.6 Å². The number of nitrogens with two attached hydrogens (primary N) is 1. The van der Waals surface area contributed by atoms with Crippen LogP contribution in [-0.4, -0.2) is 23.7 Å². The molecule has 1 fully saturated rings. The van der Waals surface area contributed by atoms with Crippen LogP contribution in [0.4, 0.5) is 30.7 Å². The van der Waals surface area contributed by atoms with E-state index in [9.17, 15) is 40.6 Å². The Kier molecular flexibility index (Phi) is 7.80. The second-order valence-corrected chi connectivity index (χ2v) is 8.67. The molecule has 3 rings (SSSR count). The Labute approximate surface area is 196 Å². The Hall–Kier alpha value is -2.66. The summed E-state index contributed by atoms with van der Waals surface area (Å²) < 4.78 is 99.1. The maximum absolute atomic E-state index is 13.5. The van der Waals surface area contributed by atoms with Gasteiger partial charge in [0.15, 0.2) is 0 Å². The number of rotatable bonds is 6. The Morgan fingerprint density at radius 2 is 1.57 bits per heavy atom. The van der Waals surface area contributed by atoms with Gasteiger partial charge in [-0.05, 0) is 73.7 Å². The molecule has 0 aliphatic heterocycles. The van der Waals surface area contributed by atoms with Crippen LogP contribution in [0, 0.1) is 17.7 Å². The summed E-state index contributed by atoms with van der Waals surface area (Å²) in [6.45, 7) is 1.36. The van der Waals surface area contributed by atoms with Crippen molar-refractivity contribution in [2.45, 2.75) is 50.2 Å². The summed E-state index contributed by atoms with van der Waals surface area (Å²) >= 11 is 0. The van der Waals surface area contributed by atoms with Gasteiger partial charge in [-0.25, -0.2) is 4.39 Å². The highest BCUT2D eigenvalue weighted by atomic mass is 19.4. The molecular formula is C24H24F7NO3. The molecule has 3 N–H and O–H groups in total. The minimum absolute atomic E-state index is 0.0322. The van der Waals surface area contributed by atoms with Crippen molar-refractivity contribution >= 4 is 5.97 Å². The zero-order chi connectivity index (χ0) is 26.1. The van der Waals surface area contributed by atoms with Crippen LogP contribution in [0.25, 0.3) is 0 Å². The van der Waals surface area contributed by atoms with Crippen LogP contribution in [0.3, 0.4) is 0 Å². The first-order valence-corrected chi connectivity index (χ1v) is 10.9. The molecule has 5 atom stereocenters. The Morgan fingerprint density at radius 3 is 2.03 bits per heavy atom. The maximum Gasteiger partial charge on any atom is 0.416 e. The van der Waals surface area contributed by atoms with Gasteiger partial charge in [0.2, 0.25) is 0 Å². The Balaban J connectivity index is 2.00. The number of aliphatic carboxylic acids is 1. The van der Waals surface area contributed by atoms with Gasteiger partial charge in [-0.1, -0.05) is 12.1 Å². The molecule has 1 saturated carbocycles. The van der Waals surface area contributed by atoms with E-state index >= 15 is 0 Å². The highest BCUT2D eigenvalue weighted by Gasteiger charge is 2.45. The number of hydrogen-bond donors (Lipinski definition) is 2. The quantitative estimate of drug-likeness (QED) is 0.460. The molecule has 0 saturated heterocycles. The fourth-order valence-corrected chi connectivity index (χ4v) is 4.70. The lowest BCUT2D eigenvalue weighted by molar-refractivity contribution is -0.151. The number of carboxylic acid groups (broad SMARTS) is 1. The number of carbonyl (C=O) groups is 1. The third kappa shape index (κ3) is 6.13. The third-order valence-electron chi connectivity index (χ3n) is 6.42. The van der Waals surface area contributed by atoms with Crippen LogP contribution < -0.4 is 5.73 Å². The predicted molar refractivity (Wildman–Crippen MR) is 112 cm³/mol. The molecule has 192 valence electrons. The van der Waals surface area contributed by atoms with Gasteiger partial charge in [0.1, 0.15) is 5.82 Å². The molecule has 1 aliphatic rings. The molecule has 0 heterocycles. The van der Waals surface area contributed by atoms with E-state index in [1.165, 1.54) is 19.1 Å². The molecule has 0 bridgehead atoms. The SMILES string of the molecule is C[C@@H](O[C@@H]1CC[C@H](CN)[C@H](C(=O)O)[C@@H]1c1ccc(F)cc1)c1cc(C(F)(F)F)cc(C(F)(F)F)c1. The van der Waals surface area contributed by atoms with Gasteiger partial charge in [-0.2, -0.15) is 26.3 Å². The van der Waals surface area contributed by atoms with Gasteiger partial charge in [0, 0.05) is 5.92 Å². The van der Waals surface area contributed by atoms with Crippen LogP contribution >= 0.6 is 0 Å². The minimum atomic E-state index is -5.01. The van der Waals surface area contributed by atoms with E-state index < -0.39 is 65.2 Å². The first kappa shape index (κ1) is 26.9. The number of benzene rings is 2. The second kappa shape index (κ2) is 10.1. The van der Waals surface area contributed by atoms with Crippen LogP contribution in [0.15, 0.2) is 42.5 Å². The van der Waals surface area contributed by atoms with Crippen molar-refractivity contribution < 1.29 is 45.4 Å². The highest BCUT2D eigenvalue weighted by molar-refractivity contribution is 5.72. The van der Waals surface area contributed by atoms with E-state index in [4.69, 9.17) is 10.5 Å². The Bertz CT molecular complexity index is 1000. The lowest BCUT2D eigenvalue weighted by atomic mass is 9.67. The van der Waals surface area contributed by atoms with Crippen LogP contribution in [-0.2, 0) is 21.9 Å². The number of alkyl halides is 6. The zero-order valence-electron chi connectivity index (χ0n) is 18.5. The lowest BCUT2D eigenvalue weighted by Gasteiger charge is -2.42. The molecule has 2 aromatic carbocycles. The molecule has 2 aromatic rings. The second-order valence-electron chi connectivity index (χ2n) is 8.67. The van der Waals surface area contributed by atoms with Gasteiger partial charge in [-0.3, -0.25) is 4.79 Å². The van der Waals surface area contributed by atoms with E-state index in [-0.39, 0.29) is 24.6 Å². The smallest absolute Gasteiger partial charge is 0.416 e. The van der Waals surface area contributed by atoms with Crippen molar-refractivity contribution in [3.8, 4) is 0 Å². The van der Waals surface area contributed by atoms with Crippen LogP contribution in [0.2, 0.25) is 0 Å². The third-order valence-corrected chi connectivity index (χ3v) is 6.42. The van der Waals surface area contributed by atoms with Crippen molar-refractivity contribution in [2.75, 3.05) is 6.54 Å². The molecule has 35 heavy (non-hydrogen) atoms. The Morgan fingerprint density at radius 1 is 1.03 bits per heavy atom. The average Bonchev–Trinajstić information content (AvgIpc) is 2.77. The summed E-state index contributed by atoms with van der Waals surface area (Å²) in [5, 5.41) is 9.91. The van der Waals surface area contributed by atoms with Gasteiger partial charge in [0.25, 0.3) is 0 Å². The number of carboxylic acids is 1. The molecular weight excluding hydrogens is 483 g/mol. The minimum Gasteiger partial charge on any atom is -0.481 e. The zero-order valence-corrected chi connectivity index (χ0v) is 18.5. The summed E-state index contributed by atoms with van der Waals surface area (Å²) in [6.07, 6.45) is -11.5. The number of halogens is 7. The molecule has 0 unspecified atom stereocenters. The molecule has 11 heteroatoms. The maximum atomic E-state index is 13.5. The summed E-state index contributed by atoms with van der Waals surface area (Å²) in [5.41, 5.74) is 2.91. The summed E-state index contributed by atoms with van der Waals surface area (Å²) in [6, 6.07) is 6.28. The fourth-order valence-electron chi connectivity index (χ4n) is 4.70. The van der Waals surface area contributed by atoms with Crippen LogP contribution in [0.1, 0.15) is 54.0 Å². The summed E-state index contributed by atoms with van der Waals surface area (Å²) in [5.74, 6) is -4.05. The van der Waals surface area contributed by atoms with E-state index in [1.807, 2.05) is 0 Å². The highest BCUT2D eigenvalue weighted by Crippen LogP contribution is 2.45. The molecule has 1 aliphatic carbocycles. The van der Waals surface area contributed by atoms with E-state index in [2.05, 4.69) is 0 Å². The summed E-state index contributed by atoms with van der Waals surface area (Å²) in [7, 11) is 0. The van der Waals surface area contributed by atoms with Crippen molar-refractivity contribution in [3.63, 3.8) is 0 Å². The van der Waals surface area contributed by atoms with E-state index in [0.717, 1.165) is 12.1 Å². The number of hydrogen-bond acceptors (Lipinski definition) is 3. The topological polar surface area (TPSA) is 72.5 Å². The fraction of sp³-hybridized carbons (Fsp3) is 0.458. The van der Waals surface area contributed by atoms with Crippen molar-refractivity contribution in [3.05, 3.63) is 70.5 Å². The first-order chi connectivity index (χ1) is 16.2. The number of ether oxygens (including phenoxy) is 1. The van der Waals surface area contributed by atoms with E-state index in [1.54, 1.807) is 0 Å². The average molecular weight is 507 g/mol. The lowest BCUT2D eigenvalue weighted by Crippen LogP contribution is -2.44. The van der Waals surface area contributed by atoms with Gasteiger partial charge < -0.3 is 15.6 Å². The largest absolute Gasteiger partial charge is 0.481 e. The first-order valence-electron chi connectivity index (χ1n) is 10.9. The summed E-state index contributed by atoms with van der Waals surface area (Å²) in [4.78, 5) is 12.2. The van der Waals surface area contributed by atoms with Crippen molar-refractivity contribution in [1.29, 1.82) is 0 Å². The monoisotopic (exact) mass is 507 g/mol. The molecule has 0 aromatic heterocycles. The molecule has 0 spiro atoms. The standard InChI is InChI=1S/C24H24F7NO3/c1-12(15-8-16(23(26,27)28)10-17(9-15)24(29,30)31)35-19-7-4-14(11-32)21(22(33)34)20(19)13-2-5-18(25)6-3-13/h2-3,5-6,8-10,12,14,19-21H,4,7,11,32H2,1H3,(H,33,34)/t12-,14-,19-,20-,21+/m1/s1. The molecule has 0 radical (unpaired) electrons. The van der Waals surface area contributed by atoms with Crippen molar-refractivity contribution in [1.82, 2.24) is 0 Å². The van der Waals surface area contributed by atoms with Crippen LogP contribution in [0.5, 0.6) is 0 Å². The normalized spacial score (nSPS) is 24.3. The predicted octanol–water partition coefficient (Wildman–Crippen LogP) is 6.16. The van der Waals surface area contributed by atoms with E-state index in [0.29, 0.717) is 24.1 Å². The van der Waals surface area contributed by atoms with Gasteiger partial charge in [0.05, 0.1) is 29.3 Å². The molecule has 4 nitrogen and oxygen atoms in total. The van der Waals surface area contributed by atoms with Gasteiger partial charge in [-0.15, -0.1) is 0 Å². The van der Waals surface area contributed by atoms with Gasteiger partial charge >= 0.3 is 18.3 Å².